The van der Waals surface area contributed by atoms with E-state index >= 15 is 0 Å². The smallest absolute Gasteiger partial charge is 0.241 e. The maximum atomic E-state index is 14.0. The summed E-state index contributed by atoms with van der Waals surface area (Å²) in [5, 5.41) is 7.30. The lowest BCUT2D eigenvalue weighted by molar-refractivity contribution is -0.134. The number of para-hydroxylation sites is 1. The summed E-state index contributed by atoms with van der Waals surface area (Å²) >= 11 is 5.55. The molecule has 2 fully saturated rings. The lowest BCUT2D eigenvalue weighted by Gasteiger charge is -2.46. The zero-order valence-electron chi connectivity index (χ0n) is 18.6. The summed E-state index contributed by atoms with van der Waals surface area (Å²) in [5.41, 5.74) is 0.0887. The predicted molar refractivity (Wildman–Crippen MR) is 124 cm³/mol. The van der Waals surface area contributed by atoms with Crippen LogP contribution in [0.25, 0.3) is 0 Å². The average molecular weight is 435 g/mol. The lowest BCUT2D eigenvalue weighted by Crippen LogP contribution is -2.60. The van der Waals surface area contributed by atoms with E-state index < -0.39 is 0 Å². The Hall–Kier alpha value is -1.73. The van der Waals surface area contributed by atoms with E-state index in [0.29, 0.717) is 22.6 Å². The number of anilines is 1. The highest BCUT2D eigenvalue weighted by molar-refractivity contribution is 7.80. The minimum Gasteiger partial charge on any atom is -0.349 e. The number of hydrogen-bond donors (Lipinski definition) is 2. The van der Waals surface area contributed by atoms with Gasteiger partial charge in [-0.25, -0.2) is 4.39 Å². The zero-order chi connectivity index (χ0) is 21.9. The Bertz CT molecular complexity index is 765. The van der Waals surface area contributed by atoms with Crippen molar-refractivity contribution in [1.29, 1.82) is 0 Å². The Labute approximate surface area is 185 Å². The average Bonchev–Trinajstić information content (AvgIpc) is 3.01. The molecule has 30 heavy (non-hydrogen) atoms. The second kappa shape index (κ2) is 9.60. The molecule has 0 aliphatic carbocycles. The van der Waals surface area contributed by atoms with Gasteiger partial charge in [-0.1, -0.05) is 52.7 Å². The van der Waals surface area contributed by atoms with Gasteiger partial charge in [-0.2, -0.15) is 0 Å². The van der Waals surface area contributed by atoms with E-state index in [1.165, 1.54) is 6.07 Å². The number of amides is 1. The number of nitrogens with one attached hydrogen (secondary N) is 2. The van der Waals surface area contributed by atoms with Crippen LogP contribution in [0.15, 0.2) is 24.3 Å². The quantitative estimate of drug-likeness (QED) is 0.657. The second-order valence-electron chi connectivity index (χ2n) is 8.90. The summed E-state index contributed by atoms with van der Waals surface area (Å²) in [4.78, 5) is 17.5. The standard InChI is InChI=1S/C23H35FN4OS/c1-5-16(3)15-28-21(29)20(17(4)6-2)26-23(28)11-13-27(14-12-23)22(30)25-19-10-8-7-9-18(19)24/h7-10,16-17,20,26H,5-6,11-15H2,1-4H3,(H,25,30)/t16-,17-,20+/m0/s1. The number of thiocarbonyl (C=S) groups is 1. The Kier molecular flexibility index (Phi) is 7.34. The van der Waals surface area contributed by atoms with Crippen molar-refractivity contribution in [2.75, 3.05) is 25.0 Å². The van der Waals surface area contributed by atoms with Gasteiger partial charge in [0.05, 0.1) is 17.4 Å². The van der Waals surface area contributed by atoms with Gasteiger partial charge in [0.15, 0.2) is 5.11 Å². The molecule has 2 N–H and O–H groups in total. The molecule has 0 aromatic heterocycles. The minimum absolute atomic E-state index is 0.117. The monoisotopic (exact) mass is 434 g/mol. The molecular formula is C23H35FN4OS. The van der Waals surface area contributed by atoms with Crippen LogP contribution in [-0.4, -0.2) is 52.2 Å². The second-order valence-corrected chi connectivity index (χ2v) is 9.29. The molecule has 2 saturated heterocycles. The molecule has 1 aromatic rings. The van der Waals surface area contributed by atoms with Crippen molar-refractivity contribution in [2.45, 2.75) is 65.1 Å². The largest absolute Gasteiger partial charge is 0.349 e. The van der Waals surface area contributed by atoms with E-state index in [2.05, 4.69) is 48.1 Å². The highest BCUT2D eigenvalue weighted by atomic mass is 32.1. The molecule has 7 heteroatoms. The fourth-order valence-corrected chi connectivity index (χ4v) is 4.68. The van der Waals surface area contributed by atoms with Gasteiger partial charge in [0.25, 0.3) is 0 Å². The Morgan fingerprint density at radius 1 is 1.27 bits per heavy atom. The first-order valence-electron chi connectivity index (χ1n) is 11.2. The van der Waals surface area contributed by atoms with Gasteiger partial charge in [0.2, 0.25) is 5.91 Å². The molecule has 0 saturated carbocycles. The van der Waals surface area contributed by atoms with Crippen molar-refractivity contribution in [3.63, 3.8) is 0 Å². The van der Waals surface area contributed by atoms with E-state index in [1.54, 1.807) is 18.2 Å². The number of halogens is 1. The topological polar surface area (TPSA) is 47.6 Å². The summed E-state index contributed by atoms with van der Waals surface area (Å²) in [6.07, 6.45) is 3.64. The predicted octanol–water partition coefficient (Wildman–Crippen LogP) is 4.21. The molecule has 5 nitrogen and oxygen atoms in total. The first-order valence-corrected chi connectivity index (χ1v) is 11.6. The van der Waals surface area contributed by atoms with Crippen LogP contribution in [0.2, 0.25) is 0 Å². The van der Waals surface area contributed by atoms with Gasteiger partial charge >= 0.3 is 0 Å². The van der Waals surface area contributed by atoms with Crippen LogP contribution >= 0.6 is 12.2 Å². The van der Waals surface area contributed by atoms with Crippen LogP contribution < -0.4 is 10.6 Å². The van der Waals surface area contributed by atoms with Gasteiger partial charge in [0, 0.05) is 32.5 Å². The number of piperidine rings is 1. The van der Waals surface area contributed by atoms with Crippen LogP contribution in [0.1, 0.15) is 53.4 Å². The molecule has 2 heterocycles. The number of carbonyl (C=O) groups is 1. The molecule has 166 valence electrons. The molecule has 0 radical (unpaired) electrons. The maximum absolute atomic E-state index is 14.0. The van der Waals surface area contributed by atoms with Crippen molar-refractivity contribution in [3.05, 3.63) is 30.1 Å². The third-order valence-corrected chi connectivity index (χ3v) is 7.23. The molecule has 1 amide bonds. The summed E-state index contributed by atoms with van der Waals surface area (Å²) in [6.45, 7) is 10.9. The molecule has 2 aliphatic rings. The molecule has 0 bridgehead atoms. The first kappa shape index (κ1) is 22.9. The van der Waals surface area contributed by atoms with Crippen LogP contribution in [0.3, 0.4) is 0 Å². The first-order chi connectivity index (χ1) is 14.3. The summed E-state index contributed by atoms with van der Waals surface area (Å²) in [6, 6.07) is 6.45. The molecule has 1 aromatic carbocycles. The van der Waals surface area contributed by atoms with E-state index in [0.717, 1.165) is 45.3 Å². The minimum atomic E-state index is -0.312. The fourth-order valence-electron chi connectivity index (χ4n) is 4.39. The SMILES string of the molecule is CC[C@H](C)CN1C(=O)[C@@H]([C@@H](C)CC)NC12CCN(C(=S)Nc1ccccc1F)CC2. The molecule has 3 rings (SSSR count). The van der Waals surface area contributed by atoms with E-state index in [4.69, 9.17) is 12.2 Å². The third-order valence-electron chi connectivity index (χ3n) is 6.87. The lowest BCUT2D eigenvalue weighted by atomic mass is 9.94. The maximum Gasteiger partial charge on any atom is 0.241 e. The van der Waals surface area contributed by atoms with Crippen molar-refractivity contribution < 1.29 is 9.18 Å². The van der Waals surface area contributed by atoms with E-state index in [9.17, 15) is 9.18 Å². The van der Waals surface area contributed by atoms with Gasteiger partial charge in [-0.15, -0.1) is 0 Å². The third kappa shape index (κ3) is 4.62. The number of carbonyl (C=O) groups excluding carboxylic acids is 1. The van der Waals surface area contributed by atoms with Crippen molar-refractivity contribution >= 4 is 28.9 Å². The van der Waals surface area contributed by atoms with E-state index in [1.807, 2.05) is 0 Å². The number of rotatable bonds is 6. The number of benzene rings is 1. The van der Waals surface area contributed by atoms with Gasteiger partial charge < -0.3 is 15.1 Å². The van der Waals surface area contributed by atoms with Crippen molar-refractivity contribution in [1.82, 2.24) is 15.1 Å². The Morgan fingerprint density at radius 3 is 2.53 bits per heavy atom. The Morgan fingerprint density at radius 2 is 1.93 bits per heavy atom. The highest BCUT2D eigenvalue weighted by Crippen LogP contribution is 2.36. The summed E-state index contributed by atoms with van der Waals surface area (Å²) in [7, 11) is 0. The normalized spacial score (nSPS) is 23.0. The zero-order valence-corrected chi connectivity index (χ0v) is 19.4. The number of likely N-dealkylation sites (tertiary alicyclic amines) is 1. The van der Waals surface area contributed by atoms with Crippen LogP contribution in [0.5, 0.6) is 0 Å². The summed E-state index contributed by atoms with van der Waals surface area (Å²) < 4.78 is 14.0. The fraction of sp³-hybridized carbons (Fsp3) is 0.652. The number of hydrogen-bond acceptors (Lipinski definition) is 3. The molecule has 2 aliphatic heterocycles. The molecule has 3 atom stereocenters. The summed E-state index contributed by atoms with van der Waals surface area (Å²) in [5.74, 6) is 0.695. The Balaban J connectivity index is 1.70. The van der Waals surface area contributed by atoms with Crippen molar-refractivity contribution in [3.8, 4) is 0 Å². The van der Waals surface area contributed by atoms with Crippen LogP contribution in [0.4, 0.5) is 10.1 Å². The van der Waals surface area contributed by atoms with Gasteiger partial charge in [0.1, 0.15) is 5.82 Å². The van der Waals surface area contributed by atoms with Crippen molar-refractivity contribution in [2.24, 2.45) is 11.8 Å². The van der Waals surface area contributed by atoms with Crippen LogP contribution in [0, 0.1) is 17.7 Å². The molecular weight excluding hydrogens is 399 g/mol. The van der Waals surface area contributed by atoms with E-state index in [-0.39, 0.29) is 23.4 Å². The molecule has 0 unspecified atom stereocenters. The highest BCUT2D eigenvalue weighted by Gasteiger charge is 2.52. The molecule has 1 spiro atoms. The van der Waals surface area contributed by atoms with Crippen LogP contribution in [-0.2, 0) is 4.79 Å². The number of nitrogens with zero attached hydrogens (tertiary/aromatic N) is 2. The van der Waals surface area contributed by atoms with Gasteiger partial charge in [-0.3, -0.25) is 10.1 Å². The van der Waals surface area contributed by atoms with Gasteiger partial charge in [-0.05, 0) is 36.2 Å².